The molecule has 0 heterocycles. The molecule has 3 heteroatoms. The van der Waals surface area contributed by atoms with Crippen molar-refractivity contribution >= 4 is 21.8 Å². The van der Waals surface area contributed by atoms with Crippen molar-refractivity contribution in [2.75, 3.05) is 5.33 Å². The Hall–Kier alpha value is -0.700. The number of hydrogen-bond donors (Lipinski definition) is 0. The molecule has 98 valence electrons. The van der Waals surface area contributed by atoms with Crippen molar-refractivity contribution in [1.82, 2.24) is 0 Å². The molecule has 1 fully saturated rings. The molecule has 0 amide bonds. The lowest BCUT2D eigenvalue weighted by Crippen LogP contribution is -2.14. The largest absolute Gasteiger partial charge is 0.212 e. The molecule has 0 radical (unpaired) electrons. The van der Waals surface area contributed by atoms with E-state index in [9.17, 15) is 8.78 Å². The van der Waals surface area contributed by atoms with Crippen LogP contribution in [0.2, 0.25) is 0 Å². The molecule has 0 nitrogen and oxygen atoms in total. The van der Waals surface area contributed by atoms with E-state index in [2.05, 4.69) is 15.9 Å². The van der Waals surface area contributed by atoms with E-state index in [1.165, 1.54) is 31.2 Å². The van der Waals surface area contributed by atoms with Crippen molar-refractivity contribution in [3.8, 4) is 0 Å². The molecule has 1 aromatic rings. The minimum Gasteiger partial charge on any atom is -0.212 e. The van der Waals surface area contributed by atoms with E-state index >= 15 is 0 Å². The first kappa shape index (κ1) is 13.7. The first-order valence-corrected chi connectivity index (χ1v) is 7.49. The standard InChI is InChI=1S/C15H17BrF2/c16-9-11-1-3-12(4-2-11)13-5-7-14(8-6-13)15(18)10-17/h5-8,10-12H,1-4,9H2/b15-10-. The highest BCUT2D eigenvalue weighted by atomic mass is 79.9. The second kappa shape index (κ2) is 6.46. The van der Waals surface area contributed by atoms with Crippen molar-refractivity contribution in [3.63, 3.8) is 0 Å². The van der Waals surface area contributed by atoms with Gasteiger partial charge >= 0.3 is 0 Å². The molecule has 0 bridgehead atoms. The zero-order chi connectivity index (χ0) is 13.0. The van der Waals surface area contributed by atoms with Gasteiger partial charge in [0.1, 0.15) is 6.33 Å². The van der Waals surface area contributed by atoms with Crippen LogP contribution in [0.3, 0.4) is 0 Å². The first-order valence-electron chi connectivity index (χ1n) is 6.36. The molecule has 1 aliphatic carbocycles. The Balaban J connectivity index is 2.02. The van der Waals surface area contributed by atoms with Crippen LogP contribution in [0.1, 0.15) is 42.7 Å². The van der Waals surface area contributed by atoms with Gasteiger partial charge in [0, 0.05) is 10.9 Å². The summed E-state index contributed by atoms with van der Waals surface area (Å²) in [4.78, 5) is 0. The third-order valence-electron chi connectivity index (χ3n) is 3.82. The van der Waals surface area contributed by atoms with Crippen molar-refractivity contribution < 1.29 is 8.78 Å². The third-order valence-corrected chi connectivity index (χ3v) is 4.73. The molecule has 1 saturated carbocycles. The van der Waals surface area contributed by atoms with E-state index in [1.54, 1.807) is 12.1 Å². The SMILES string of the molecule is F/C=C(\F)c1ccc(C2CCC(CBr)CC2)cc1. The lowest BCUT2D eigenvalue weighted by atomic mass is 9.79. The van der Waals surface area contributed by atoms with Crippen LogP contribution in [0.5, 0.6) is 0 Å². The zero-order valence-corrected chi connectivity index (χ0v) is 11.8. The maximum atomic E-state index is 13.0. The number of rotatable bonds is 3. The second-order valence-corrected chi connectivity index (χ2v) is 5.60. The second-order valence-electron chi connectivity index (χ2n) is 4.95. The van der Waals surface area contributed by atoms with Crippen LogP contribution in [0.15, 0.2) is 30.6 Å². The van der Waals surface area contributed by atoms with Crippen LogP contribution in [-0.4, -0.2) is 5.33 Å². The quantitative estimate of drug-likeness (QED) is 0.638. The Morgan fingerprint density at radius 2 is 1.78 bits per heavy atom. The number of benzene rings is 1. The summed E-state index contributed by atoms with van der Waals surface area (Å²) in [5.74, 6) is 0.573. The average molecular weight is 315 g/mol. The van der Waals surface area contributed by atoms with Crippen LogP contribution in [0, 0.1) is 5.92 Å². The molecule has 0 N–H and O–H groups in total. The topological polar surface area (TPSA) is 0 Å². The van der Waals surface area contributed by atoms with Gasteiger partial charge < -0.3 is 0 Å². The molecule has 1 aliphatic rings. The smallest absolute Gasteiger partial charge is 0.158 e. The van der Waals surface area contributed by atoms with Gasteiger partial charge in [-0.2, -0.15) is 0 Å². The highest BCUT2D eigenvalue weighted by molar-refractivity contribution is 9.09. The fourth-order valence-electron chi connectivity index (χ4n) is 2.63. The van der Waals surface area contributed by atoms with E-state index in [-0.39, 0.29) is 6.33 Å². The van der Waals surface area contributed by atoms with E-state index in [4.69, 9.17) is 0 Å². The summed E-state index contributed by atoms with van der Waals surface area (Å²) in [5.41, 5.74) is 1.56. The average Bonchev–Trinajstić information content (AvgIpc) is 2.47. The van der Waals surface area contributed by atoms with Gasteiger partial charge in [-0.05, 0) is 43.1 Å². The van der Waals surface area contributed by atoms with Gasteiger partial charge in [0.15, 0.2) is 5.83 Å². The number of hydrogen-bond acceptors (Lipinski definition) is 0. The summed E-state index contributed by atoms with van der Waals surface area (Å²) in [6.07, 6.45) is 4.89. The van der Waals surface area contributed by atoms with Crippen LogP contribution < -0.4 is 0 Å². The predicted octanol–water partition coefficient (Wildman–Crippen LogP) is 5.59. The summed E-state index contributed by atoms with van der Waals surface area (Å²) in [7, 11) is 0. The molecule has 0 aromatic heterocycles. The van der Waals surface area contributed by atoms with Crippen molar-refractivity contribution in [3.05, 3.63) is 41.7 Å². The highest BCUT2D eigenvalue weighted by Crippen LogP contribution is 2.36. The molecular weight excluding hydrogens is 298 g/mol. The minimum atomic E-state index is -0.801. The monoisotopic (exact) mass is 314 g/mol. The van der Waals surface area contributed by atoms with E-state index in [0.29, 0.717) is 11.5 Å². The Labute approximate surface area is 115 Å². The molecule has 18 heavy (non-hydrogen) atoms. The number of halogens is 3. The van der Waals surface area contributed by atoms with Crippen molar-refractivity contribution in [1.29, 1.82) is 0 Å². The normalized spacial score (nSPS) is 25.2. The van der Waals surface area contributed by atoms with Gasteiger partial charge in [-0.25, -0.2) is 8.78 Å². The molecule has 1 aromatic carbocycles. The maximum absolute atomic E-state index is 13.0. The molecule has 0 saturated heterocycles. The van der Waals surface area contributed by atoms with Crippen LogP contribution in [0.4, 0.5) is 8.78 Å². The molecule has 0 spiro atoms. The Bertz CT molecular complexity index is 403. The summed E-state index contributed by atoms with van der Waals surface area (Å²) < 4.78 is 25.1. The number of alkyl halides is 1. The Morgan fingerprint density at radius 3 is 2.28 bits per heavy atom. The minimum absolute atomic E-state index is 0.0101. The van der Waals surface area contributed by atoms with E-state index in [1.807, 2.05) is 12.1 Å². The van der Waals surface area contributed by atoms with Crippen molar-refractivity contribution in [2.45, 2.75) is 31.6 Å². The maximum Gasteiger partial charge on any atom is 0.158 e. The highest BCUT2D eigenvalue weighted by Gasteiger charge is 2.21. The summed E-state index contributed by atoms with van der Waals surface area (Å²) >= 11 is 3.54. The van der Waals surface area contributed by atoms with Crippen molar-refractivity contribution in [2.24, 2.45) is 5.92 Å². The molecule has 0 aliphatic heterocycles. The van der Waals surface area contributed by atoms with Gasteiger partial charge in [0.2, 0.25) is 0 Å². The first-order chi connectivity index (χ1) is 8.74. The Morgan fingerprint density at radius 1 is 1.17 bits per heavy atom. The summed E-state index contributed by atoms with van der Waals surface area (Å²) in [6.45, 7) is 0. The van der Waals surface area contributed by atoms with E-state index in [0.717, 1.165) is 11.2 Å². The van der Waals surface area contributed by atoms with Gasteiger partial charge in [0.05, 0.1) is 0 Å². The lowest BCUT2D eigenvalue weighted by molar-refractivity contribution is 0.354. The van der Waals surface area contributed by atoms with Gasteiger partial charge in [-0.15, -0.1) is 0 Å². The predicted molar refractivity (Wildman–Crippen MR) is 75.1 cm³/mol. The molecule has 2 rings (SSSR count). The Kier molecular flexibility index (Phi) is 4.93. The lowest BCUT2D eigenvalue weighted by Gasteiger charge is -2.27. The summed E-state index contributed by atoms with van der Waals surface area (Å²) in [5, 5.41) is 1.09. The summed E-state index contributed by atoms with van der Waals surface area (Å²) in [6, 6.07) is 7.18. The fraction of sp³-hybridized carbons (Fsp3) is 0.467. The van der Waals surface area contributed by atoms with Crippen LogP contribution >= 0.6 is 15.9 Å². The van der Waals surface area contributed by atoms with Gasteiger partial charge in [-0.1, -0.05) is 40.2 Å². The van der Waals surface area contributed by atoms with E-state index < -0.39 is 5.83 Å². The van der Waals surface area contributed by atoms with Gasteiger partial charge in [0.25, 0.3) is 0 Å². The van der Waals surface area contributed by atoms with Crippen LogP contribution in [0.25, 0.3) is 5.83 Å². The molecule has 0 unspecified atom stereocenters. The third kappa shape index (κ3) is 3.19. The van der Waals surface area contributed by atoms with Crippen LogP contribution in [-0.2, 0) is 0 Å². The van der Waals surface area contributed by atoms with Gasteiger partial charge in [-0.3, -0.25) is 0 Å². The molecule has 0 atom stereocenters. The molecular formula is C15H17BrF2. The zero-order valence-electron chi connectivity index (χ0n) is 10.2. The fourth-order valence-corrected chi connectivity index (χ4v) is 3.28.